The van der Waals surface area contributed by atoms with Crippen molar-refractivity contribution in [2.24, 2.45) is 0 Å². The number of aliphatic hydroxyl groups is 2. The van der Waals surface area contributed by atoms with E-state index in [1.54, 1.807) is 0 Å². The molecule has 0 aliphatic heterocycles. The molecule has 0 aliphatic carbocycles. The summed E-state index contributed by atoms with van der Waals surface area (Å²) in [5.41, 5.74) is -2.44. The largest absolute Gasteiger partial charge is 0.417 e. The van der Waals surface area contributed by atoms with Crippen LogP contribution in [0.5, 0.6) is 0 Å². The first-order valence-corrected chi connectivity index (χ1v) is 6.11. The van der Waals surface area contributed by atoms with Crippen molar-refractivity contribution < 1.29 is 23.4 Å². The Balaban J connectivity index is 3.12. The summed E-state index contributed by atoms with van der Waals surface area (Å²) in [6.07, 6.45) is -6.96. The number of hydrogen-bond donors (Lipinski definition) is 3. The van der Waals surface area contributed by atoms with Gasteiger partial charge in [0.2, 0.25) is 0 Å². The molecule has 0 spiro atoms. The zero-order valence-corrected chi connectivity index (χ0v) is 10.6. The maximum atomic E-state index is 12.4. The molecule has 0 saturated heterocycles. The highest BCUT2D eigenvalue weighted by molar-refractivity contribution is 9.09. The second-order valence-corrected chi connectivity index (χ2v) is 4.45. The van der Waals surface area contributed by atoms with Crippen molar-refractivity contribution in [3.05, 3.63) is 33.7 Å². The summed E-state index contributed by atoms with van der Waals surface area (Å²) in [5.74, 6) is 0. The molecule has 0 aromatic carbocycles. The third kappa shape index (κ3) is 3.56. The van der Waals surface area contributed by atoms with E-state index in [-0.39, 0.29) is 6.42 Å². The molecule has 0 aliphatic rings. The standard InChI is InChI=1S/C10H11BrF3NO3/c11-2-1-7(16)8(17)6-3-5(10(12,13)14)4-15-9(6)18/h3-4,7-8,16-17H,1-2H2,(H,15,18). The van der Waals surface area contributed by atoms with Gasteiger partial charge in [0.15, 0.2) is 0 Å². The second-order valence-electron chi connectivity index (χ2n) is 3.66. The van der Waals surface area contributed by atoms with Crippen LogP contribution in [0, 0.1) is 0 Å². The summed E-state index contributed by atoms with van der Waals surface area (Å²) in [5, 5.41) is 19.5. The highest BCUT2D eigenvalue weighted by atomic mass is 79.9. The lowest BCUT2D eigenvalue weighted by Gasteiger charge is -2.17. The van der Waals surface area contributed by atoms with Gasteiger partial charge >= 0.3 is 6.18 Å². The van der Waals surface area contributed by atoms with Gasteiger partial charge in [0.05, 0.1) is 11.7 Å². The van der Waals surface area contributed by atoms with Crippen molar-refractivity contribution in [3.8, 4) is 0 Å². The molecule has 4 nitrogen and oxygen atoms in total. The Morgan fingerprint density at radius 1 is 1.39 bits per heavy atom. The fourth-order valence-electron chi connectivity index (χ4n) is 1.36. The molecule has 1 rings (SSSR count). The van der Waals surface area contributed by atoms with Crippen LogP contribution in [-0.4, -0.2) is 26.6 Å². The summed E-state index contributed by atoms with van der Waals surface area (Å²) < 4.78 is 37.3. The molecule has 2 atom stereocenters. The number of rotatable bonds is 4. The molecule has 1 aromatic heterocycles. The Kier molecular flexibility index (Phi) is 4.94. The molecule has 1 aromatic rings. The number of alkyl halides is 4. The van der Waals surface area contributed by atoms with E-state index in [0.29, 0.717) is 17.6 Å². The van der Waals surface area contributed by atoms with E-state index in [1.807, 2.05) is 4.98 Å². The number of hydrogen-bond acceptors (Lipinski definition) is 3. The van der Waals surface area contributed by atoms with Crippen molar-refractivity contribution in [3.63, 3.8) is 0 Å². The van der Waals surface area contributed by atoms with Crippen molar-refractivity contribution >= 4 is 15.9 Å². The molecular formula is C10H11BrF3NO3. The van der Waals surface area contributed by atoms with Gasteiger partial charge in [-0.3, -0.25) is 4.79 Å². The average molecular weight is 330 g/mol. The van der Waals surface area contributed by atoms with Gasteiger partial charge < -0.3 is 15.2 Å². The van der Waals surface area contributed by atoms with Crippen LogP contribution < -0.4 is 5.56 Å². The van der Waals surface area contributed by atoms with Crippen LogP contribution in [0.4, 0.5) is 13.2 Å². The Hall–Kier alpha value is -0.860. The summed E-state index contributed by atoms with van der Waals surface area (Å²) in [7, 11) is 0. The topological polar surface area (TPSA) is 73.3 Å². The van der Waals surface area contributed by atoms with Crippen molar-refractivity contribution in [2.45, 2.75) is 24.8 Å². The first-order chi connectivity index (χ1) is 8.27. The minimum atomic E-state index is -4.63. The molecule has 3 N–H and O–H groups in total. The molecule has 2 unspecified atom stereocenters. The van der Waals surface area contributed by atoms with Crippen molar-refractivity contribution in [2.75, 3.05) is 5.33 Å². The number of nitrogens with one attached hydrogen (secondary N) is 1. The smallest absolute Gasteiger partial charge is 0.390 e. The highest BCUT2D eigenvalue weighted by Gasteiger charge is 2.32. The fourth-order valence-corrected chi connectivity index (χ4v) is 1.83. The number of aliphatic hydroxyl groups excluding tert-OH is 2. The lowest BCUT2D eigenvalue weighted by atomic mass is 10.0. The van der Waals surface area contributed by atoms with Crippen LogP contribution in [0.1, 0.15) is 23.7 Å². The molecule has 0 saturated carbocycles. The Labute approximate surface area is 109 Å². The molecule has 0 bridgehead atoms. The maximum absolute atomic E-state index is 12.4. The molecule has 0 radical (unpaired) electrons. The summed E-state index contributed by atoms with van der Waals surface area (Å²) in [6, 6.07) is 0.543. The van der Waals surface area contributed by atoms with E-state index < -0.39 is 35.1 Å². The van der Waals surface area contributed by atoms with Crippen LogP contribution in [0.2, 0.25) is 0 Å². The summed E-state index contributed by atoms with van der Waals surface area (Å²) in [6.45, 7) is 0. The van der Waals surface area contributed by atoms with E-state index in [1.165, 1.54) is 0 Å². The molecule has 0 fully saturated rings. The van der Waals surface area contributed by atoms with Crippen LogP contribution in [0.15, 0.2) is 17.1 Å². The number of aromatic nitrogens is 1. The van der Waals surface area contributed by atoms with Crippen LogP contribution >= 0.6 is 15.9 Å². The summed E-state index contributed by atoms with van der Waals surface area (Å²) in [4.78, 5) is 13.2. The first kappa shape index (κ1) is 15.2. The number of H-pyrrole nitrogens is 1. The van der Waals surface area contributed by atoms with Crippen LogP contribution in [0.25, 0.3) is 0 Å². The average Bonchev–Trinajstić information content (AvgIpc) is 2.27. The van der Waals surface area contributed by atoms with Gasteiger partial charge in [-0.1, -0.05) is 15.9 Å². The fraction of sp³-hybridized carbons (Fsp3) is 0.500. The summed E-state index contributed by atoms with van der Waals surface area (Å²) >= 11 is 3.02. The van der Waals surface area contributed by atoms with Gasteiger partial charge in [0.25, 0.3) is 5.56 Å². The zero-order chi connectivity index (χ0) is 13.9. The van der Waals surface area contributed by atoms with E-state index >= 15 is 0 Å². The molecular weight excluding hydrogens is 319 g/mol. The van der Waals surface area contributed by atoms with E-state index in [2.05, 4.69) is 15.9 Å². The van der Waals surface area contributed by atoms with Crippen LogP contribution in [0.3, 0.4) is 0 Å². The lowest BCUT2D eigenvalue weighted by Crippen LogP contribution is -2.26. The maximum Gasteiger partial charge on any atom is 0.417 e. The quantitative estimate of drug-likeness (QED) is 0.734. The molecule has 8 heteroatoms. The van der Waals surface area contributed by atoms with Gasteiger partial charge in [-0.15, -0.1) is 0 Å². The Bertz CT molecular complexity index is 460. The van der Waals surface area contributed by atoms with E-state index in [4.69, 9.17) is 0 Å². The van der Waals surface area contributed by atoms with Gasteiger partial charge in [-0.25, -0.2) is 0 Å². The number of halogens is 4. The third-order valence-electron chi connectivity index (χ3n) is 2.35. The first-order valence-electron chi connectivity index (χ1n) is 4.99. The number of aromatic amines is 1. The molecule has 102 valence electrons. The predicted molar refractivity (Wildman–Crippen MR) is 61.4 cm³/mol. The third-order valence-corrected chi connectivity index (χ3v) is 2.81. The SMILES string of the molecule is O=c1[nH]cc(C(F)(F)F)cc1C(O)C(O)CCBr. The Morgan fingerprint density at radius 2 is 2.00 bits per heavy atom. The van der Waals surface area contributed by atoms with Crippen molar-refractivity contribution in [1.82, 2.24) is 4.98 Å². The predicted octanol–water partition coefficient (Wildman–Crippen LogP) is 1.57. The zero-order valence-electron chi connectivity index (χ0n) is 9.04. The van der Waals surface area contributed by atoms with E-state index in [9.17, 15) is 28.2 Å². The van der Waals surface area contributed by atoms with Gasteiger partial charge in [-0.05, 0) is 12.5 Å². The van der Waals surface area contributed by atoms with Crippen molar-refractivity contribution in [1.29, 1.82) is 0 Å². The monoisotopic (exact) mass is 329 g/mol. The van der Waals surface area contributed by atoms with E-state index in [0.717, 1.165) is 0 Å². The van der Waals surface area contributed by atoms with Gasteiger partial charge in [-0.2, -0.15) is 13.2 Å². The number of pyridine rings is 1. The van der Waals surface area contributed by atoms with Crippen LogP contribution in [-0.2, 0) is 6.18 Å². The second kappa shape index (κ2) is 5.85. The molecule has 18 heavy (non-hydrogen) atoms. The molecule has 1 heterocycles. The van der Waals surface area contributed by atoms with Gasteiger partial charge in [0, 0.05) is 17.1 Å². The van der Waals surface area contributed by atoms with Gasteiger partial charge in [0.1, 0.15) is 6.10 Å². The highest BCUT2D eigenvalue weighted by Crippen LogP contribution is 2.29. The lowest BCUT2D eigenvalue weighted by molar-refractivity contribution is -0.138. The normalized spacial score (nSPS) is 15.4. The molecule has 0 amide bonds. The minimum Gasteiger partial charge on any atom is -0.390 e. The minimum absolute atomic E-state index is 0.108. The Morgan fingerprint density at radius 3 is 2.50 bits per heavy atom.